The fraction of sp³-hybridized carbons (Fsp3) is 0.571. The third-order valence-electron chi connectivity index (χ3n) is 3.63. The van der Waals surface area contributed by atoms with E-state index in [0.29, 0.717) is 13.0 Å². The van der Waals surface area contributed by atoms with Gasteiger partial charge in [-0.1, -0.05) is 13.3 Å². The Labute approximate surface area is 124 Å². The summed E-state index contributed by atoms with van der Waals surface area (Å²) in [4.78, 5) is -0.479. The molecule has 1 saturated carbocycles. The Morgan fingerprint density at radius 2 is 2.00 bits per heavy atom. The minimum atomic E-state index is -3.95. The first-order valence-corrected chi connectivity index (χ1v) is 8.56. The van der Waals surface area contributed by atoms with Crippen LogP contribution in [0.4, 0.5) is 8.78 Å². The van der Waals surface area contributed by atoms with Crippen LogP contribution in [0.1, 0.15) is 38.2 Å². The summed E-state index contributed by atoms with van der Waals surface area (Å²) in [5.74, 6) is -1.89. The summed E-state index contributed by atoms with van der Waals surface area (Å²) < 4.78 is 54.4. The zero-order valence-electron chi connectivity index (χ0n) is 12.0. The second-order valence-electron chi connectivity index (χ2n) is 5.24. The molecule has 0 heterocycles. The van der Waals surface area contributed by atoms with Crippen LogP contribution in [-0.4, -0.2) is 25.3 Å². The van der Waals surface area contributed by atoms with Crippen LogP contribution < -0.4 is 5.73 Å². The molecule has 1 aliphatic carbocycles. The Kier molecular flexibility index (Phi) is 4.95. The van der Waals surface area contributed by atoms with E-state index in [-0.39, 0.29) is 18.2 Å². The smallest absolute Gasteiger partial charge is 0.246 e. The van der Waals surface area contributed by atoms with Crippen molar-refractivity contribution in [1.82, 2.24) is 4.31 Å². The van der Waals surface area contributed by atoms with E-state index in [1.54, 1.807) is 0 Å². The van der Waals surface area contributed by atoms with Gasteiger partial charge in [-0.3, -0.25) is 0 Å². The van der Waals surface area contributed by atoms with Gasteiger partial charge >= 0.3 is 0 Å². The van der Waals surface area contributed by atoms with Gasteiger partial charge in [0.2, 0.25) is 10.0 Å². The summed E-state index contributed by atoms with van der Waals surface area (Å²) in [5.41, 5.74) is 4.92. The largest absolute Gasteiger partial charge is 0.326 e. The number of nitrogens with zero attached hydrogens (tertiary/aromatic N) is 1. The lowest BCUT2D eigenvalue weighted by Gasteiger charge is -2.22. The van der Waals surface area contributed by atoms with Gasteiger partial charge in [0.15, 0.2) is 5.82 Å². The molecule has 0 aliphatic heterocycles. The maximum atomic E-state index is 14.3. The lowest BCUT2D eigenvalue weighted by atomic mass is 10.2. The molecule has 2 rings (SSSR count). The lowest BCUT2D eigenvalue weighted by Crippen LogP contribution is -2.34. The van der Waals surface area contributed by atoms with Gasteiger partial charge in [-0.25, -0.2) is 17.2 Å². The summed E-state index contributed by atoms with van der Waals surface area (Å²) in [7, 11) is -3.95. The molecule has 2 N–H and O–H groups in total. The number of nitrogens with two attached hydrogens (primary N) is 1. The van der Waals surface area contributed by atoms with Gasteiger partial charge < -0.3 is 5.73 Å². The molecule has 0 radical (unpaired) electrons. The molecule has 1 aromatic carbocycles. The second kappa shape index (κ2) is 6.37. The van der Waals surface area contributed by atoms with Crippen molar-refractivity contribution in [1.29, 1.82) is 0 Å². The van der Waals surface area contributed by atoms with E-state index in [1.807, 2.05) is 6.92 Å². The van der Waals surface area contributed by atoms with Crippen LogP contribution in [0.3, 0.4) is 0 Å². The monoisotopic (exact) mass is 318 g/mol. The Balaban J connectivity index is 2.42. The zero-order chi connectivity index (χ0) is 15.6. The van der Waals surface area contributed by atoms with Crippen LogP contribution >= 0.6 is 0 Å². The minimum absolute atomic E-state index is 0.0627. The lowest BCUT2D eigenvalue weighted by molar-refractivity contribution is 0.392. The Morgan fingerprint density at radius 3 is 2.52 bits per heavy atom. The van der Waals surface area contributed by atoms with Crippen LogP contribution in [0, 0.1) is 11.6 Å². The first-order chi connectivity index (χ1) is 9.93. The van der Waals surface area contributed by atoms with E-state index in [9.17, 15) is 17.2 Å². The highest BCUT2D eigenvalue weighted by Gasteiger charge is 2.39. The number of sulfonamides is 1. The quantitative estimate of drug-likeness (QED) is 0.839. The first-order valence-electron chi connectivity index (χ1n) is 7.12. The Morgan fingerprint density at radius 1 is 1.33 bits per heavy atom. The van der Waals surface area contributed by atoms with E-state index in [0.717, 1.165) is 31.4 Å². The molecule has 0 amide bonds. The summed E-state index contributed by atoms with van der Waals surface area (Å²) in [6.07, 6.45) is 3.13. The molecular weight excluding hydrogens is 298 g/mol. The van der Waals surface area contributed by atoms with Crippen molar-refractivity contribution in [3.63, 3.8) is 0 Å². The highest BCUT2D eigenvalue weighted by atomic mass is 32.2. The second-order valence-corrected chi connectivity index (χ2v) is 7.10. The van der Waals surface area contributed by atoms with Crippen molar-refractivity contribution in [3.8, 4) is 0 Å². The highest BCUT2D eigenvalue weighted by molar-refractivity contribution is 7.89. The summed E-state index contributed by atoms with van der Waals surface area (Å²) in [6.45, 7) is 1.94. The van der Waals surface area contributed by atoms with Gasteiger partial charge in [-0.15, -0.1) is 0 Å². The van der Waals surface area contributed by atoms with Gasteiger partial charge in [-0.2, -0.15) is 4.31 Å². The number of unbranched alkanes of at least 4 members (excludes halogenated alkanes) is 1. The summed E-state index contributed by atoms with van der Waals surface area (Å²) in [6, 6.07) is 1.89. The van der Waals surface area contributed by atoms with Crippen LogP contribution in [0.5, 0.6) is 0 Å². The van der Waals surface area contributed by atoms with E-state index >= 15 is 0 Å². The van der Waals surface area contributed by atoms with Gasteiger partial charge in [-0.05, 0) is 31.4 Å². The third kappa shape index (κ3) is 3.25. The molecule has 0 atom stereocenters. The van der Waals surface area contributed by atoms with E-state index < -0.39 is 26.6 Å². The van der Waals surface area contributed by atoms with Crippen LogP contribution in [0.15, 0.2) is 17.0 Å². The molecule has 21 heavy (non-hydrogen) atoms. The molecule has 0 unspecified atom stereocenters. The van der Waals surface area contributed by atoms with Crippen molar-refractivity contribution in [2.45, 2.75) is 50.1 Å². The van der Waals surface area contributed by atoms with Crippen molar-refractivity contribution in [2.75, 3.05) is 6.54 Å². The van der Waals surface area contributed by atoms with Gasteiger partial charge in [0, 0.05) is 24.7 Å². The number of rotatable bonds is 7. The molecule has 1 aliphatic rings. The van der Waals surface area contributed by atoms with Crippen LogP contribution in [0.25, 0.3) is 0 Å². The molecule has 118 valence electrons. The predicted octanol–water partition coefficient (Wildman–Crippen LogP) is 2.38. The van der Waals surface area contributed by atoms with Gasteiger partial charge in [0.25, 0.3) is 0 Å². The first kappa shape index (κ1) is 16.3. The normalized spacial score (nSPS) is 15.7. The molecule has 4 nitrogen and oxygen atoms in total. The fourth-order valence-corrected chi connectivity index (χ4v) is 4.08. The molecule has 0 spiro atoms. The molecule has 0 bridgehead atoms. The van der Waals surface area contributed by atoms with Crippen molar-refractivity contribution < 1.29 is 17.2 Å². The molecule has 0 aromatic heterocycles. The topological polar surface area (TPSA) is 63.4 Å². The molecule has 1 fully saturated rings. The van der Waals surface area contributed by atoms with E-state index in [1.165, 1.54) is 4.31 Å². The minimum Gasteiger partial charge on any atom is -0.326 e. The molecular formula is C14H20F2N2O2S. The predicted molar refractivity (Wildman–Crippen MR) is 76.1 cm³/mol. The van der Waals surface area contributed by atoms with Crippen molar-refractivity contribution >= 4 is 10.0 Å². The molecule has 1 aromatic rings. The number of benzene rings is 1. The fourth-order valence-electron chi connectivity index (χ4n) is 2.26. The summed E-state index contributed by atoms with van der Waals surface area (Å²) in [5, 5.41) is 0. The van der Waals surface area contributed by atoms with Gasteiger partial charge in [0.1, 0.15) is 10.7 Å². The Hall–Kier alpha value is -1.05. The van der Waals surface area contributed by atoms with E-state index in [2.05, 4.69) is 0 Å². The zero-order valence-corrected chi connectivity index (χ0v) is 12.8. The summed E-state index contributed by atoms with van der Waals surface area (Å²) >= 11 is 0. The molecule has 0 saturated heterocycles. The number of hydrogen-bond acceptors (Lipinski definition) is 3. The highest BCUT2D eigenvalue weighted by Crippen LogP contribution is 2.33. The number of halogens is 2. The maximum absolute atomic E-state index is 14.3. The maximum Gasteiger partial charge on any atom is 0.246 e. The average molecular weight is 318 g/mol. The van der Waals surface area contributed by atoms with Crippen molar-refractivity contribution in [2.24, 2.45) is 5.73 Å². The number of hydrogen-bond donors (Lipinski definition) is 1. The van der Waals surface area contributed by atoms with E-state index in [4.69, 9.17) is 5.73 Å². The van der Waals surface area contributed by atoms with Crippen LogP contribution in [-0.2, 0) is 16.6 Å². The van der Waals surface area contributed by atoms with Crippen molar-refractivity contribution in [3.05, 3.63) is 29.3 Å². The Bertz CT molecular complexity index is 616. The standard InChI is InChI=1S/C14H20F2N2O2S/c1-2-3-8-18(10-4-5-10)21(19,20)13-7-6-12(15)11(9-17)14(13)16/h6-7,10H,2-5,8-9,17H2,1H3. The SMILES string of the molecule is CCCCN(C1CC1)S(=O)(=O)c1ccc(F)c(CN)c1F. The third-order valence-corrected chi connectivity index (χ3v) is 5.60. The van der Waals surface area contributed by atoms with Crippen LogP contribution in [0.2, 0.25) is 0 Å². The molecule has 7 heteroatoms. The van der Waals surface area contributed by atoms with Gasteiger partial charge in [0.05, 0.1) is 0 Å². The average Bonchev–Trinajstić information content (AvgIpc) is 3.23.